The van der Waals surface area contributed by atoms with Gasteiger partial charge in [-0.05, 0) is 19.4 Å². The maximum atomic E-state index is 8.98. The molecular weight excluding hydrogens is 302 g/mol. The van der Waals surface area contributed by atoms with Crippen LogP contribution in [0.3, 0.4) is 0 Å². The highest BCUT2D eigenvalue weighted by Gasteiger charge is 2.12. The molecule has 1 aromatic heterocycles. The third kappa shape index (κ3) is 3.58. The van der Waals surface area contributed by atoms with E-state index in [0.717, 1.165) is 16.7 Å². The Morgan fingerprint density at radius 3 is 2.38 bits per heavy atom. The number of aliphatic hydroxyl groups is 1. The molecule has 0 aliphatic rings. The first-order valence-electron chi connectivity index (χ1n) is 7.80. The van der Waals surface area contributed by atoms with Gasteiger partial charge < -0.3 is 9.84 Å². The van der Waals surface area contributed by atoms with Crippen molar-refractivity contribution in [3.8, 4) is 28.8 Å². The minimum Gasteiger partial charge on any atom is -0.461 e. The van der Waals surface area contributed by atoms with Crippen molar-refractivity contribution in [2.24, 2.45) is 0 Å². The highest BCUT2D eigenvalue weighted by Crippen LogP contribution is 2.25. The molecule has 0 unspecified atom stereocenters. The fourth-order valence-corrected chi connectivity index (χ4v) is 2.46. The van der Waals surface area contributed by atoms with E-state index in [9.17, 15) is 0 Å². The fraction of sp³-hybridized carbons (Fsp3) is 0.211. The second-order valence-corrected chi connectivity index (χ2v) is 5.52. The normalized spacial score (nSPS) is 10.6. The molecule has 0 atom stereocenters. The molecule has 5 heteroatoms. The maximum Gasteiger partial charge on any atom is 0.320 e. The average Bonchev–Trinajstić information content (AvgIpc) is 2.60. The van der Waals surface area contributed by atoms with Gasteiger partial charge in [-0.1, -0.05) is 54.1 Å². The number of hydrogen-bond donors (Lipinski definition) is 1. The van der Waals surface area contributed by atoms with Gasteiger partial charge in [0.1, 0.15) is 6.61 Å². The van der Waals surface area contributed by atoms with Crippen molar-refractivity contribution in [2.45, 2.75) is 13.8 Å². The number of nitrogens with zero attached hydrogens (tertiary/aromatic N) is 3. The van der Waals surface area contributed by atoms with E-state index in [1.165, 1.54) is 5.56 Å². The van der Waals surface area contributed by atoms with E-state index >= 15 is 0 Å². The Hall–Kier alpha value is -2.79. The molecule has 1 N–H and O–H groups in total. The van der Waals surface area contributed by atoms with Crippen LogP contribution in [0.5, 0.6) is 6.01 Å². The summed E-state index contributed by atoms with van der Waals surface area (Å²) in [6.07, 6.45) is 0. The SMILES string of the molecule is Cc1ccc(-c2nc(OCCO)nc(-c3ccccc3)n2)c(C)c1. The number of hydrogen-bond acceptors (Lipinski definition) is 5. The van der Waals surface area contributed by atoms with Crippen molar-refractivity contribution >= 4 is 0 Å². The van der Waals surface area contributed by atoms with Crippen LogP contribution in [0.2, 0.25) is 0 Å². The lowest BCUT2D eigenvalue weighted by atomic mass is 10.1. The van der Waals surface area contributed by atoms with Crippen LogP contribution in [0, 0.1) is 13.8 Å². The van der Waals surface area contributed by atoms with Crippen molar-refractivity contribution in [1.82, 2.24) is 15.0 Å². The van der Waals surface area contributed by atoms with Crippen molar-refractivity contribution in [3.05, 3.63) is 59.7 Å². The van der Waals surface area contributed by atoms with Crippen LogP contribution in [0.15, 0.2) is 48.5 Å². The van der Waals surface area contributed by atoms with Gasteiger partial charge in [-0.2, -0.15) is 9.97 Å². The Balaban J connectivity index is 2.11. The van der Waals surface area contributed by atoms with Gasteiger partial charge in [0, 0.05) is 11.1 Å². The zero-order chi connectivity index (χ0) is 16.9. The molecule has 2 aromatic carbocycles. The molecule has 5 nitrogen and oxygen atoms in total. The van der Waals surface area contributed by atoms with Crippen molar-refractivity contribution in [1.29, 1.82) is 0 Å². The third-order valence-corrected chi connectivity index (χ3v) is 3.59. The largest absolute Gasteiger partial charge is 0.461 e. The summed E-state index contributed by atoms with van der Waals surface area (Å²) in [5.41, 5.74) is 4.10. The van der Waals surface area contributed by atoms with E-state index in [4.69, 9.17) is 9.84 Å². The molecule has 0 fully saturated rings. The lowest BCUT2D eigenvalue weighted by Gasteiger charge is -2.10. The molecule has 122 valence electrons. The molecule has 0 aliphatic heterocycles. The van der Waals surface area contributed by atoms with Gasteiger partial charge in [-0.15, -0.1) is 0 Å². The topological polar surface area (TPSA) is 68.1 Å². The van der Waals surface area contributed by atoms with Crippen LogP contribution in [0.1, 0.15) is 11.1 Å². The van der Waals surface area contributed by atoms with Crippen LogP contribution in [-0.4, -0.2) is 33.3 Å². The summed E-state index contributed by atoms with van der Waals surface area (Å²) in [5.74, 6) is 1.11. The van der Waals surface area contributed by atoms with E-state index in [1.807, 2.05) is 49.4 Å². The molecule has 3 aromatic rings. The van der Waals surface area contributed by atoms with Gasteiger partial charge in [0.15, 0.2) is 11.6 Å². The summed E-state index contributed by atoms with van der Waals surface area (Å²) in [4.78, 5) is 13.4. The molecular formula is C19H19N3O2. The van der Waals surface area contributed by atoms with Crippen LogP contribution in [0.25, 0.3) is 22.8 Å². The summed E-state index contributed by atoms with van der Waals surface area (Å²) in [6.45, 7) is 4.13. The van der Waals surface area contributed by atoms with Gasteiger partial charge >= 0.3 is 6.01 Å². The van der Waals surface area contributed by atoms with E-state index in [2.05, 4.69) is 27.9 Å². The first kappa shape index (κ1) is 16.1. The Morgan fingerprint density at radius 2 is 1.67 bits per heavy atom. The van der Waals surface area contributed by atoms with E-state index < -0.39 is 0 Å². The summed E-state index contributed by atoms with van der Waals surface area (Å²) >= 11 is 0. The number of aryl methyl sites for hydroxylation is 2. The smallest absolute Gasteiger partial charge is 0.320 e. The van der Waals surface area contributed by atoms with Gasteiger partial charge in [0.25, 0.3) is 0 Å². The number of aliphatic hydroxyl groups excluding tert-OH is 1. The highest BCUT2D eigenvalue weighted by molar-refractivity contribution is 5.64. The maximum absolute atomic E-state index is 8.98. The molecule has 0 bridgehead atoms. The van der Waals surface area contributed by atoms with Crippen molar-refractivity contribution < 1.29 is 9.84 Å². The summed E-state index contributed by atoms with van der Waals surface area (Å²) < 4.78 is 5.43. The Kier molecular flexibility index (Phi) is 4.82. The molecule has 0 aliphatic carbocycles. The lowest BCUT2D eigenvalue weighted by molar-refractivity contribution is 0.191. The minimum atomic E-state index is -0.0920. The molecule has 0 amide bonds. The Morgan fingerprint density at radius 1 is 0.917 bits per heavy atom. The first-order valence-corrected chi connectivity index (χ1v) is 7.80. The Labute approximate surface area is 141 Å². The average molecular weight is 321 g/mol. The number of aromatic nitrogens is 3. The minimum absolute atomic E-state index is 0.0920. The number of benzene rings is 2. The zero-order valence-electron chi connectivity index (χ0n) is 13.7. The monoisotopic (exact) mass is 321 g/mol. The summed E-state index contributed by atoms with van der Waals surface area (Å²) in [5, 5.41) is 8.98. The molecule has 0 spiro atoms. The number of rotatable bonds is 5. The molecule has 24 heavy (non-hydrogen) atoms. The standard InChI is InChI=1S/C19H19N3O2/c1-13-8-9-16(14(2)12-13)18-20-17(15-6-4-3-5-7-15)21-19(22-18)24-11-10-23/h3-9,12,23H,10-11H2,1-2H3. The molecule has 0 saturated carbocycles. The molecule has 3 rings (SSSR count). The fourth-order valence-electron chi connectivity index (χ4n) is 2.46. The van der Waals surface area contributed by atoms with Crippen LogP contribution >= 0.6 is 0 Å². The summed E-state index contributed by atoms with van der Waals surface area (Å²) in [6, 6.07) is 16.0. The summed E-state index contributed by atoms with van der Waals surface area (Å²) in [7, 11) is 0. The second kappa shape index (κ2) is 7.19. The second-order valence-electron chi connectivity index (χ2n) is 5.52. The van der Waals surface area contributed by atoms with E-state index in [1.54, 1.807) is 0 Å². The van der Waals surface area contributed by atoms with Crippen LogP contribution in [-0.2, 0) is 0 Å². The lowest BCUT2D eigenvalue weighted by Crippen LogP contribution is -2.07. The van der Waals surface area contributed by atoms with Crippen molar-refractivity contribution in [3.63, 3.8) is 0 Å². The van der Waals surface area contributed by atoms with Crippen LogP contribution in [0.4, 0.5) is 0 Å². The zero-order valence-corrected chi connectivity index (χ0v) is 13.7. The van der Waals surface area contributed by atoms with Gasteiger partial charge in [0.05, 0.1) is 6.61 Å². The van der Waals surface area contributed by atoms with Gasteiger partial charge in [-0.25, -0.2) is 4.98 Å². The Bertz CT molecular complexity index is 835. The molecule has 0 saturated heterocycles. The highest BCUT2D eigenvalue weighted by atomic mass is 16.5. The quantitative estimate of drug-likeness (QED) is 0.781. The van der Waals surface area contributed by atoms with Gasteiger partial charge in [-0.3, -0.25) is 0 Å². The van der Waals surface area contributed by atoms with E-state index in [0.29, 0.717) is 11.6 Å². The van der Waals surface area contributed by atoms with Crippen molar-refractivity contribution in [2.75, 3.05) is 13.2 Å². The predicted octanol–water partition coefficient (Wildman–Crippen LogP) is 3.19. The van der Waals surface area contributed by atoms with Gasteiger partial charge in [0.2, 0.25) is 0 Å². The number of ether oxygens (including phenoxy) is 1. The first-order chi connectivity index (χ1) is 11.7. The predicted molar refractivity (Wildman–Crippen MR) is 92.8 cm³/mol. The van der Waals surface area contributed by atoms with Crippen LogP contribution < -0.4 is 4.74 Å². The third-order valence-electron chi connectivity index (χ3n) is 3.59. The van der Waals surface area contributed by atoms with E-state index in [-0.39, 0.29) is 19.2 Å². The molecule has 1 heterocycles. The molecule has 0 radical (unpaired) electrons.